The largest absolute Gasteiger partial charge is 0.466 e. The van der Waals surface area contributed by atoms with E-state index in [0.29, 0.717) is 30.0 Å². The number of rotatable bonds is 3. The SMILES string of the molecule is Cc1ccc2cccc(C(=O)N3CCC(NC(=O)c4cc(C)oc4C)CC3)c2n1. The Morgan fingerprint density at radius 3 is 2.52 bits per heavy atom. The average Bonchev–Trinajstić information content (AvgIpc) is 3.05. The zero-order chi connectivity index (χ0) is 20.5. The number of hydrogen-bond donors (Lipinski definition) is 1. The van der Waals surface area contributed by atoms with Crippen LogP contribution in [0.1, 0.15) is 50.8 Å². The Kier molecular flexibility index (Phi) is 5.09. The molecule has 6 heteroatoms. The van der Waals surface area contributed by atoms with Gasteiger partial charge >= 0.3 is 0 Å². The van der Waals surface area contributed by atoms with E-state index in [1.165, 1.54) is 0 Å². The topological polar surface area (TPSA) is 75.4 Å². The number of nitrogens with zero attached hydrogens (tertiary/aromatic N) is 2. The molecule has 1 fully saturated rings. The molecule has 29 heavy (non-hydrogen) atoms. The molecule has 0 radical (unpaired) electrons. The molecule has 2 amide bonds. The van der Waals surface area contributed by atoms with E-state index in [1.54, 1.807) is 13.0 Å². The van der Waals surface area contributed by atoms with Gasteiger partial charge in [-0.1, -0.05) is 18.2 Å². The molecule has 150 valence electrons. The number of nitrogens with one attached hydrogen (secondary N) is 1. The lowest BCUT2D eigenvalue weighted by atomic mass is 10.0. The summed E-state index contributed by atoms with van der Waals surface area (Å²) in [7, 11) is 0. The molecule has 3 aromatic rings. The minimum atomic E-state index is -0.113. The van der Waals surface area contributed by atoms with Crippen LogP contribution >= 0.6 is 0 Å². The summed E-state index contributed by atoms with van der Waals surface area (Å²) in [5.41, 5.74) is 2.86. The number of aromatic nitrogens is 1. The maximum Gasteiger partial charge on any atom is 0.256 e. The first-order chi connectivity index (χ1) is 13.9. The van der Waals surface area contributed by atoms with E-state index < -0.39 is 0 Å². The van der Waals surface area contributed by atoms with Gasteiger partial charge < -0.3 is 14.6 Å². The van der Waals surface area contributed by atoms with E-state index in [2.05, 4.69) is 10.3 Å². The van der Waals surface area contributed by atoms with Crippen LogP contribution in [-0.4, -0.2) is 40.8 Å². The lowest BCUT2D eigenvalue weighted by molar-refractivity contribution is 0.0699. The fourth-order valence-electron chi connectivity index (χ4n) is 3.93. The standard InChI is InChI=1S/C23H25N3O3/c1-14-7-8-17-5-4-6-19(21(17)24-14)23(28)26-11-9-18(10-12-26)25-22(27)20-13-15(2)29-16(20)3/h4-8,13,18H,9-12H2,1-3H3,(H,25,27). The van der Waals surface area contributed by atoms with Crippen LogP contribution in [0.15, 0.2) is 40.8 Å². The lowest BCUT2D eigenvalue weighted by Crippen LogP contribution is -2.46. The molecule has 4 rings (SSSR count). The van der Waals surface area contributed by atoms with Gasteiger partial charge in [-0.2, -0.15) is 0 Å². The summed E-state index contributed by atoms with van der Waals surface area (Å²) in [6.45, 7) is 6.77. The zero-order valence-corrected chi connectivity index (χ0v) is 17.0. The number of hydrogen-bond acceptors (Lipinski definition) is 4. The van der Waals surface area contributed by atoms with Crippen LogP contribution in [0.5, 0.6) is 0 Å². The van der Waals surface area contributed by atoms with Crippen molar-refractivity contribution in [3.8, 4) is 0 Å². The van der Waals surface area contributed by atoms with Gasteiger partial charge in [-0.05, 0) is 51.8 Å². The highest BCUT2D eigenvalue weighted by Crippen LogP contribution is 2.21. The summed E-state index contributed by atoms with van der Waals surface area (Å²) in [4.78, 5) is 32.0. The molecule has 0 atom stereocenters. The minimum absolute atomic E-state index is 0.000203. The second kappa shape index (κ2) is 7.70. The molecule has 1 N–H and O–H groups in total. The summed E-state index contributed by atoms with van der Waals surface area (Å²) in [6, 6.07) is 11.5. The van der Waals surface area contributed by atoms with E-state index >= 15 is 0 Å². The number of carbonyl (C=O) groups is 2. The first kappa shape index (κ1) is 19.2. The molecule has 2 aromatic heterocycles. The Balaban J connectivity index is 1.42. The van der Waals surface area contributed by atoms with Crippen LogP contribution in [-0.2, 0) is 0 Å². The van der Waals surface area contributed by atoms with Gasteiger partial charge in [0.1, 0.15) is 11.5 Å². The van der Waals surface area contributed by atoms with Crippen LogP contribution in [0.25, 0.3) is 10.9 Å². The number of likely N-dealkylation sites (tertiary alicyclic amines) is 1. The Morgan fingerprint density at radius 2 is 1.83 bits per heavy atom. The summed E-state index contributed by atoms with van der Waals surface area (Å²) in [5, 5.41) is 4.04. The molecule has 0 bridgehead atoms. The third kappa shape index (κ3) is 3.88. The van der Waals surface area contributed by atoms with Crippen molar-refractivity contribution in [2.24, 2.45) is 0 Å². The number of amides is 2. The predicted octanol–water partition coefficient (Wildman–Crippen LogP) is 3.79. The third-order valence-corrected chi connectivity index (χ3v) is 5.49. The average molecular weight is 391 g/mol. The van der Waals surface area contributed by atoms with E-state index in [9.17, 15) is 9.59 Å². The van der Waals surface area contributed by atoms with Crippen molar-refractivity contribution in [1.82, 2.24) is 15.2 Å². The molecule has 0 saturated carbocycles. The van der Waals surface area contributed by atoms with Gasteiger partial charge in [0.15, 0.2) is 0 Å². The van der Waals surface area contributed by atoms with Gasteiger partial charge in [-0.3, -0.25) is 14.6 Å². The fraction of sp³-hybridized carbons (Fsp3) is 0.348. The van der Waals surface area contributed by atoms with Crippen LogP contribution in [0.4, 0.5) is 0 Å². The number of piperidine rings is 1. The Labute approximate surface area is 169 Å². The Morgan fingerprint density at radius 1 is 1.07 bits per heavy atom. The zero-order valence-electron chi connectivity index (χ0n) is 17.0. The first-order valence-corrected chi connectivity index (χ1v) is 9.96. The summed E-state index contributed by atoms with van der Waals surface area (Å²) in [5.74, 6) is 1.25. The molecule has 6 nitrogen and oxygen atoms in total. The van der Waals surface area contributed by atoms with Crippen LogP contribution in [0.2, 0.25) is 0 Å². The van der Waals surface area contributed by atoms with Gasteiger partial charge in [-0.25, -0.2) is 0 Å². The number of benzene rings is 1. The van der Waals surface area contributed by atoms with Crippen molar-refractivity contribution in [2.45, 2.75) is 39.7 Å². The number of fused-ring (bicyclic) bond motifs is 1. The second-order valence-electron chi connectivity index (χ2n) is 7.70. The molecular formula is C23H25N3O3. The summed E-state index contributed by atoms with van der Waals surface area (Å²) in [6.07, 6.45) is 1.45. The molecule has 1 aliphatic heterocycles. The smallest absolute Gasteiger partial charge is 0.256 e. The molecular weight excluding hydrogens is 366 g/mol. The van der Waals surface area contributed by atoms with E-state index in [4.69, 9.17) is 4.42 Å². The van der Waals surface area contributed by atoms with Gasteiger partial charge in [0.05, 0.1) is 16.6 Å². The molecule has 0 spiro atoms. The van der Waals surface area contributed by atoms with Gasteiger partial charge in [-0.15, -0.1) is 0 Å². The first-order valence-electron chi connectivity index (χ1n) is 9.96. The monoisotopic (exact) mass is 391 g/mol. The molecule has 0 aliphatic carbocycles. The molecule has 3 heterocycles. The van der Waals surface area contributed by atoms with Crippen molar-refractivity contribution in [1.29, 1.82) is 0 Å². The summed E-state index contributed by atoms with van der Waals surface area (Å²) < 4.78 is 5.45. The number of pyridine rings is 1. The molecule has 1 aromatic carbocycles. The maximum absolute atomic E-state index is 13.1. The van der Waals surface area contributed by atoms with Crippen LogP contribution in [0, 0.1) is 20.8 Å². The summed E-state index contributed by atoms with van der Waals surface area (Å²) >= 11 is 0. The van der Waals surface area contributed by atoms with Gasteiger partial charge in [0.25, 0.3) is 11.8 Å². The number of aryl methyl sites for hydroxylation is 3. The van der Waals surface area contributed by atoms with E-state index in [1.807, 2.05) is 49.1 Å². The fourth-order valence-corrected chi connectivity index (χ4v) is 3.93. The van der Waals surface area contributed by atoms with Crippen molar-refractivity contribution in [2.75, 3.05) is 13.1 Å². The minimum Gasteiger partial charge on any atom is -0.466 e. The van der Waals surface area contributed by atoms with Gasteiger partial charge in [0.2, 0.25) is 0 Å². The third-order valence-electron chi connectivity index (χ3n) is 5.49. The predicted molar refractivity (Wildman–Crippen MR) is 111 cm³/mol. The van der Waals surface area contributed by atoms with Crippen molar-refractivity contribution < 1.29 is 14.0 Å². The number of para-hydroxylation sites is 1. The number of furan rings is 1. The normalized spacial score (nSPS) is 14.9. The Bertz CT molecular complexity index is 1080. The molecule has 1 aliphatic rings. The van der Waals surface area contributed by atoms with Crippen molar-refractivity contribution >= 4 is 22.7 Å². The lowest BCUT2D eigenvalue weighted by Gasteiger charge is -2.32. The van der Waals surface area contributed by atoms with Crippen LogP contribution < -0.4 is 5.32 Å². The van der Waals surface area contributed by atoms with Crippen LogP contribution in [0.3, 0.4) is 0 Å². The second-order valence-corrected chi connectivity index (χ2v) is 7.70. The van der Waals surface area contributed by atoms with Gasteiger partial charge in [0, 0.05) is 30.2 Å². The highest BCUT2D eigenvalue weighted by molar-refractivity contribution is 6.05. The van der Waals surface area contributed by atoms with Crippen molar-refractivity contribution in [3.05, 3.63) is 64.7 Å². The highest BCUT2D eigenvalue weighted by atomic mass is 16.3. The number of carbonyl (C=O) groups excluding carboxylic acids is 2. The quantitative estimate of drug-likeness (QED) is 0.737. The highest BCUT2D eigenvalue weighted by Gasteiger charge is 2.26. The van der Waals surface area contributed by atoms with Crippen molar-refractivity contribution in [3.63, 3.8) is 0 Å². The van der Waals surface area contributed by atoms with E-state index in [0.717, 1.165) is 35.2 Å². The molecule has 1 saturated heterocycles. The maximum atomic E-state index is 13.1. The molecule has 0 unspecified atom stereocenters. The van der Waals surface area contributed by atoms with E-state index in [-0.39, 0.29) is 17.9 Å². The Hall–Kier alpha value is -3.15.